The summed E-state index contributed by atoms with van der Waals surface area (Å²) in [5, 5.41) is 6.31. The van der Waals surface area contributed by atoms with Gasteiger partial charge in [0.15, 0.2) is 5.69 Å². The van der Waals surface area contributed by atoms with Crippen molar-refractivity contribution in [1.29, 1.82) is 0 Å². The van der Waals surface area contributed by atoms with E-state index in [0.29, 0.717) is 41.4 Å². The Morgan fingerprint density at radius 2 is 2.03 bits per heavy atom. The molecule has 10 heteroatoms. The van der Waals surface area contributed by atoms with E-state index < -0.39 is 0 Å². The van der Waals surface area contributed by atoms with Gasteiger partial charge in [0.05, 0.1) is 24.3 Å². The Morgan fingerprint density at radius 1 is 1.15 bits per heavy atom. The first-order valence-corrected chi connectivity index (χ1v) is 12.1. The van der Waals surface area contributed by atoms with Gasteiger partial charge in [-0.3, -0.25) is 9.98 Å². The molecule has 4 aromatic rings. The summed E-state index contributed by atoms with van der Waals surface area (Å²) < 4.78 is 6.74. The van der Waals surface area contributed by atoms with Crippen molar-refractivity contribution in [2.45, 2.75) is 0 Å². The van der Waals surface area contributed by atoms with Crippen LogP contribution in [0.2, 0.25) is 0 Å². The number of ether oxygens (including phenoxy) is 1. The zero-order valence-electron chi connectivity index (χ0n) is 18.1. The molecule has 3 aromatic heterocycles. The number of nitrogens with two attached hydrogens (primary N) is 2. The first-order valence-electron chi connectivity index (χ1n) is 10.3. The van der Waals surface area contributed by atoms with Crippen molar-refractivity contribution in [2.24, 2.45) is 4.99 Å². The third-order valence-corrected chi connectivity index (χ3v) is 6.61. The fourth-order valence-corrected chi connectivity index (χ4v) is 4.87. The highest BCUT2D eigenvalue weighted by Crippen LogP contribution is 2.31. The molecule has 0 spiro atoms. The smallest absolute Gasteiger partial charge is 0.398 e. The lowest BCUT2D eigenvalue weighted by molar-refractivity contribution is -0.594. The minimum Gasteiger partial charge on any atom is -0.398 e. The number of carbonyl (C=O) groups is 1. The zero-order chi connectivity index (χ0) is 23.9. The lowest BCUT2D eigenvalue weighted by Crippen LogP contribution is -2.50. The van der Waals surface area contributed by atoms with Gasteiger partial charge in [0.25, 0.3) is 5.01 Å². The van der Waals surface area contributed by atoms with Gasteiger partial charge in [-0.2, -0.15) is 11.3 Å². The van der Waals surface area contributed by atoms with E-state index in [1.54, 1.807) is 39.9 Å². The first-order chi connectivity index (χ1) is 16.6. The molecular formula is C24H22N5O3S2+. The molecule has 0 saturated heterocycles. The third kappa shape index (κ3) is 5.09. The van der Waals surface area contributed by atoms with Crippen LogP contribution in [-0.4, -0.2) is 37.2 Å². The number of pyridine rings is 1. The van der Waals surface area contributed by atoms with Gasteiger partial charge in [0, 0.05) is 41.3 Å². The van der Waals surface area contributed by atoms with Crippen molar-refractivity contribution in [3.05, 3.63) is 74.8 Å². The molecule has 4 rings (SSSR count). The van der Waals surface area contributed by atoms with E-state index in [-0.39, 0.29) is 17.9 Å². The lowest BCUT2D eigenvalue weighted by Gasteiger charge is -2.10. The largest absolute Gasteiger partial charge is 0.443 e. The molecule has 0 radical (unpaired) electrons. The van der Waals surface area contributed by atoms with Crippen LogP contribution < -0.4 is 21.6 Å². The van der Waals surface area contributed by atoms with E-state index in [9.17, 15) is 9.59 Å². The average Bonchev–Trinajstić information content (AvgIpc) is 3.39. The van der Waals surface area contributed by atoms with Gasteiger partial charge in [-0.15, -0.1) is 4.57 Å². The first kappa shape index (κ1) is 23.4. The Kier molecular flexibility index (Phi) is 7.53. The highest BCUT2D eigenvalue weighted by atomic mass is 32.1. The van der Waals surface area contributed by atoms with Crippen molar-refractivity contribution in [1.82, 2.24) is 4.98 Å². The molecule has 0 aliphatic rings. The Labute approximate surface area is 203 Å². The van der Waals surface area contributed by atoms with Crippen molar-refractivity contribution < 1.29 is 14.1 Å². The summed E-state index contributed by atoms with van der Waals surface area (Å²) in [6, 6.07) is 9.38. The number of nitrogen functional groups attached to an aromatic ring is 2. The van der Waals surface area contributed by atoms with E-state index in [1.807, 2.05) is 41.1 Å². The molecule has 8 nitrogen and oxygen atoms in total. The molecule has 1 aromatic carbocycles. The number of carbonyl (C=O) groups excluding carboxylic acids is 1. The normalized spacial score (nSPS) is 11.2. The van der Waals surface area contributed by atoms with E-state index in [0.717, 1.165) is 16.7 Å². The number of anilines is 2. The van der Waals surface area contributed by atoms with E-state index >= 15 is 0 Å². The molecule has 0 atom stereocenters. The number of aliphatic imine (C=N–C) groups is 1. The minimum atomic E-state index is -0.330. The quantitative estimate of drug-likeness (QED) is 0.122. The van der Waals surface area contributed by atoms with E-state index in [2.05, 4.69) is 9.98 Å². The maximum atomic E-state index is 13.4. The van der Waals surface area contributed by atoms with E-state index in [4.69, 9.17) is 16.2 Å². The second kappa shape index (κ2) is 10.9. The Bertz CT molecular complexity index is 1370. The van der Waals surface area contributed by atoms with Crippen molar-refractivity contribution in [3.63, 3.8) is 0 Å². The second-order valence-electron chi connectivity index (χ2n) is 7.17. The number of rotatable bonds is 9. The number of hydrogen-bond donors (Lipinski definition) is 2. The predicted octanol–water partition coefficient (Wildman–Crippen LogP) is 2.97. The van der Waals surface area contributed by atoms with Crippen LogP contribution in [0.5, 0.6) is 0 Å². The molecule has 4 N–H and O–H groups in total. The number of hydrogen-bond acceptors (Lipinski definition) is 9. The van der Waals surface area contributed by atoms with Crippen molar-refractivity contribution >= 4 is 46.5 Å². The summed E-state index contributed by atoms with van der Waals surface area (Å²) in [5.74, 6) is 0. The van der Waals surface area contributed by atoms with Crippen molar-refractivity contribution in [2.75, 3.05) is 31.2 Å². The van der Waals surface area contributed by atoms with Gasteiger partial charge in [-0.05, 0) is 40.6 Å². The standard InChI is InChI=1S/C24H22N5O3S2/c25-20-11-19(17-3-9-33-14-17)22(10-18(20)13-28-5-7-32-8-6-30)29-23(31)21(26)15-34-24(29)16-2-1-4-27-12-16/h1-4,6,9-15H,5,7-8,25-26H2/q+1. The zero-order valence-corrected chi connectivity index (χ0v) is 19.7. The fourth-order valence-electron chi connectivity index (χ4n) is 3.33. The molecule has 0 amide bonds. The van der Waals surface area contributed by atoms with Gasteiger partial charge < -0.3 is 21.0 Å². The molecule has 0 bridgehead atoms. The molecule has 3 heterocycles. The number of nitrogens with zero attached hydrogens (tertiary/aromatic N) is 3. The van der Waals surface area contributed by atoms with Crippen LogP contribution in [-0.2, 0) is 9.53 Å². The summed E-state index contributed by atoms with van der Waals surface area (Å²) in [6.07, 6.45) is 5.73. The van der Waals surface area contributed by atoms with Crippen molar-refractivity contribution in [3.8, 4) is 27.4 Å². The van der Waals surface area contributed by atoms with Crippen LogP contribution in [0.25, 0.3) is 27.4 Å². The van der Waals surface area contributed by atoms with Gasteiger partial charge >= 0.3 is 5.56 Å². The van der Waals surface area contributed by atoms with Crippen LogP contribution in [0.4, 0.5) is 11.4 Å². The summed E-state index contributed by atoms with van der Waals surface area (Å²) in [5.41, 5.74) is 16.6. The monoisotopic (exact) mass is 492 g/mol. The molecule has 172 valence electrons. The molecule has 0 aliphatic heterocycles. The maximum absolute atomic E-state index is 13.4. The topological polar surface area (TPSA) is 125 Å². The molecule has 0 fully saturated rings. The number of benzene rings is 1. The highest BCUT2D eigenvalue weighted by molar-refractivity contribution is 7.12. The average molecular weight is 493 g/mol. The van der Waals surface area contributed by atoms with Gasteiger partial charge in [0.1, 0.15) is 12.9 Å². The van der Waals surface area contributed by atoms with Gasteiger partial charge in [-0.1, -0.05) is 11.3 Å². The Morgan fingerprint density at radius 3 is 2.76 bits per heavy atom. The summed E-state index contributed by atoms with van der Waals surface area (Å²) in [6.45, 7) is 0.723. The Balaban J connectivity index is 1.89. The predicted molar refractivity (Wildman–Crippen MR) is 137 cm³/mol. The third-order valence-electron chi connectivity index (χ3n) is 4.91. The molecular weight excluding hydrogens is 470 g/mol. The fraction of sp³-hybridized carbons (Fsp3) is 0.125. The van der Waals surface area contributed by atoms with Crippen LogP contribution >= 0.6 is 22.7 Å². The van der Waals surface area contributed by atoms with Crippen LogP contribution in [0.3, 0.4) is 0 Å². The summed E-state index contributed by atoms with van der Waals surface area (Å²) in [4.78, 5) is 32.3. The molecule has 0 aliphatic carbocycles. The number of aldehydes is 1. The molecule has 0 unspecified atom stereocenters. The second-order valence-corrected chi connectivity index (χ2v) is 8.80. The lowest BCUT2D eigenvalue weighted by atomic mass is 10.0. The highest BCUT2D eigenvalue weighted by Gasteiger charge is 2.27. The Hall–Kier alpha value is -3.73. The SMILES string of the molecule is Nc1cc(-c2ccsc2)c(-[n+]2c(-c3cccnc3)scc(N)c2=O)cc1C=NCCOCC=O. The van der Waals surface area contributed by atoms with Crippen LogP contribution in [0, 0.1) is 0 Å². The number of aromatic nitrogens is 2. The molecule has 0 saturated carbocycles. The number of thiophene rings is 1. The van der Waals surface area contributed by atoms with E-state index in [1.165, 1.54) is 11.3 Å². The minimum absolute atomic E-state index is 0.0355. The van der Waals surface area contributed by atoms with Crippen LogP contribution in [0.1, 0.15) is 5.56 Å². The summed E-state index contributed by atoms with van der Waals surface area (Å²) in [7, 11) is 0. The maximum Gasteiger partial charge on any atom is 0.443 e. The summed E-state index contributed by atoms with van der Waals surface area (Å²) >= 11 is 2.92. The van der Waals surface area contributed by atoms with Gasteiger partial charge in [0.2, 0.25) is 5.69 Å². The van der Waals surface area contributed by atoms with Gasteiger partial charge in [-0.25, -0.2) is 4.79 Å². The molecule has 34 heavy (non-hydrogen) atoms. The van der Waals surface area contributed by atoms with Crippen LogP contribution in [0.15, 0.2) is 68.7 Å².